The van der Waals surface area contributed by atoms with E-state index >= 15 is 0 Å². The smallest absolute Gasteiger partial charge is 0.137 e. The number of likely N-dealkylation sites (tertiary alicyclic amines) is 1. The molecule has 100 valence electrons. The SMILES string of the molecule is COc1ccc(N(C)C2CCN(C)CC2)cc1Cl. The van der Waals surface area contributed by atoms with Gasteiger partial charge in [0.15, 0.2) is 0 Å². The zero-order chi connectivity index (χ0) is 13.1. The molecule has 0 spiro atoms. The van der Waals surface area contributed by atoms with Gasteiger partial charge in [-0.05, 0) is 51.2 Å². The van der Waals surface area contributed by atoms with Crippen molar-refractivity contribution >= 4 is 17.3 Å². The summed E-state index contributed by atoms with van der Waals surface area (Å²) >= 11 is 6.18. The van der Waals surface area contributed by atoms with Gasteiger partial charge in [-0.15, -0.1) is 0 Å². The summed E-state index contributed by atoms with van der Waals surface area (Å²) in [6, 6.07) is 6.59. The van der Waals surface area contributed by atoms with Crippen LogP contribution in [0.5, 0.6) is 5.75 Å². The van der Waals surface area contributed by atoms with Crippen molar-refractivity contribution < 1.29 is 4.74 Å². The van der Waals surface area contributed by atoms with Gasteiger partial charge in [-0.2, -0.15) is 0 Å². The molecule has 18 heavy (non-hydrogen) atoms. The zero-order valence-electron chi connectivity index (χ0n) is 11.3. The Morgan fingerprint density at radius 3 is 2.56 bits per heavy atom. The average Bonchev–Trinajstić information content (AvgIpc) is 2.38. The van der Waals surface area contributed by atoms with E-state index < -0.39 is 0 Å². The van der Waals surface area contributed by atoms with Crippen molar-refractivity contribution in [2.24, 2.45) is 0 Å². The van der Waals surface area contributed by atoms with Crippen LogP contribution in [0.1, 0.15) is 12.8 Å². The van der Waals surface area contributed by atoms with Crippen molar-refractivity contribution in [3.8, 4) is 5.75 Å². The molecule has 0 N–H and O–H groups in total. The third kappa shape index (κ3) is 2.90. The summed E-state index contributed by atoms with van der Waals surface area (Å²) in [5.41, 5.74) is 1.16. The molecule has 3 nitrogen and oxygen atoms in total. The van der Waals surface area contributed by atoms with Crippen LogP contribution in [0.4, 0.5) is 5.69 Å². The van der Waals surface area contributed by atoms with Gasteiger partial charge < -0.3 is 14.5 Å². The lowest BCUT2D eigenvalue weighted by molar-refractivity contribution is 0.253. The first-order valence-corrected chi connectivity index (χ1v) is 6.74. The predicted octanol–water partition coefficient (Wildman–Crippen LogP) is 2.88. The van der Waals surface area contributed by atoms with Crippen molar-refractivity contribution in [2.75, 3.05) is 39.2 Å². The first-order chi connectivity index (χ1) is 8.61. The van der Waals surface area contributed by atoms with Crippen molar-refractivity contribution in [1.82, 2.24) is 4.90 Å². The topological polar surface area (TPSA) is 15.7 Å². The van der Waals surface area contributed by atoms with Crippen LogP contribution in [-0.2, 0) is 0 Å². The Balaban J connectivity index is 2.08. The second kappa shape index (κ2) is 5.81. The average molecular weight is 269 g/mol. The van der Waals surface area contributed by atoms with Crippen LogP contribution < -0.4 is 9.64 Å². The highest BCUT2D eigenvalue weighted by molar-refractivity contribution is 6.32. The van der Waals surface area contributed by atoms with Crippen LogP contribution in [0.3, 0.4) is 0 Å². The molecule has 0 unspecified atom stereocenters. The lowest BCUT2D eigenvalue weighted by atomic mass is 10.0. The number of rotatable bonds is 3. The Hall–Kier alpha value is -0.930. The molecular weight excluding hydrogens is 248 g/mol. The zero-order valence-corrected chi connectivity index (χ0v) is 12.1. The maximum Gasteiger partial charge on any atom is 0.137 e. The number of benzene rings is 1. The number of piperidine rings is 1. The number of anilines is 1. The molecule has 1 aromatic carbocycles. The van der Waals surface area contributed by atoms with Gasteiger partial charge in [-0.3, -0.25) is 0 Å². The van der Waals surface area contributed by atoms with Gasteiger partial charge in [-0.1, -0.05) is 11.6 Å². The molecule has 1 aliphatic heterocycles. The Morgan fingerprint density at radius 1 is 1.33 bits per heavy atom. The molecule has 0 saturated carbocycles. The maximum absolute atomic E-state index is 6.18. The van der Waals surface area contributed by atoms with Crippen LogP contribution in [0.15, 0.2) is 18.2 Å². The minimum Gasteiger partial charge on any atom is -0.495 e. The number of nitrogens with zero attached hydrogens (tertiary/aromatic N) is 2. The fraction of sp³-hybridized carbons (Fsp3) is 0.571. The van der Waals surface area contributed by atoms with E-state index in [4.69, 9.17) is 16.3 Å². The third-order valence-electron chi connectivity index (χ3n) is 3.78. The molecule has 0 aromatic heterocycles. The molecule has 0 radical (unpaired) electrons. The Labute approximate surface area is 114 Å². The third-order valence-corrected chi connectivity index (χ3v) is 4.07. The highest BCUT2D eigenvalue weighted by atomic mass is 35.5. The molecule has 1 saturated heterocycles. The fourth-order valence-electron chi connectivity index (χ4n) is 2.47. The van der Waals surface area contributed by atoms with Crippen molar-refractivity contribution in [2.45, 2.75) is 18.9 Å². The second-order valence-electron chi connectivity index (χ2n) is 4.96. The molecule has 1 aliphatic rings. The molecule has 0 aliphatic carbocycles. The minimum absolute atomic E-state index is 0.602. The number of hydrogen-bond acceptors (Lipinski definition) is 3. The summed E-state index contributed by atoms with van der Waals surface area (Å²) < 4.78 is 5.18. The minimum atomic E-state index is 0.602. The van der Waals surface area contributed by atoms with Gasteiger partial charge in [0.1, 0.15) is 5.75 Å². The molecule has 1 heterocycles. The van der Waals surface area contributed by atoms with Gasteiger partial charge in [0.2, 0.25) is 0 Å². The molecule has 0 atom stereocenters. The van der Waals surface area contributed by atoms with Gasteiger partial charge in [-0.25, -0.2) is 0 Å². The normalized spacial score (nSPS) is 17.8. The largest absolute Gasteiger partial charge is 0.495 e. The van der Waals surface area contributed by atoms with E-state index in [1.807, 2.05) is 12.1 Å². The first kappa shape index (κ1) is 13.5. The van der Waals surface area contributed by atoms with Gasteiger partial charge in [0, 0.05) is 18.8 Å². The molecule has 2 rings (SSSR count). The van der Waals surface area contributed by atoms with Gasteiger partial charge >= 0.3 is 0 Å². The van der Waals surface area contributed by atoms with E-state index in [-0.39, 0.29) is 0 Å². The van der Waals surface area contributed by atoms with Crippen LogP contribution in [0, 0.1) is 0 Å². The molecular formula is C14H21ClN2O. The molecule has 0 amide bonds. The summed E-state index contributed by atoms with van der Waals surface area (Å²) in [6.07, 6.45) is 2.41. The lowest BCUT2D eigenvalue weighted by Gasteiger charge is -2.36. The van der Waals surface area contributed by atoms with Crippen LogP contribution in [0.25, 0.3) is 0 Å². The highest BCUT2D eigenvalue weighted by Gasteiger charge is 2.21. The Morgan fingerprint density at radius 2 is 2.00 bits per heavy atom. The first-order valence-electron chi connectivity index (χ1n) is 6.36. The predicted molar refractivity (Wildman–Crippen MR) is 76.9 cm³/mol. The van der Waals surface area contributed by atoms with Crippen molar-refractivity contribution in [3.63, 3.8) is 0 Å². The van der Waals surface area contributed by atoms with E-state index in [1.54, 1.807) is 7.11 Å². The number of halogens is 1. The fourth-order valence-corrected chi connectivity index (χ4v) is 2.72. The summed E-state index contributed by atoms with van der Waals surface area (Å²) in [5, 5.41) is 0.676. The number of ether oxygens (including phenoxy) is 1. The van der Waals surface area contributed by atoms with Gasteiger partial charge in [0.25, 0.3) is 0 Å². The van der Waals surface area contributed by atoms with E-state index in [1.165, 1.54) is 25.9 Å². The summed E-state index contributed by atoms with van der Waals surface area (Å²) in [5.74, 6) is 0.734. The van der Waals surface area contributed by atoms with Gasteiger partial charge in [0.05, 0.1) is 12.1 Å². The molecule has 0 bridgehead atoms. The van der Waals surface area contributed by atoms with Crippen LogP contribution in [0.2, 0.25) is 5.02 Å². The Kier molecular flexibility index (Phi) is 4.36. The van der Waals surface area contributed by atoms with Crippen molar-refractivity contribution in [1.29, 1.82) is 0 Å². The van der Waals surface area contributed by atoms with E-state index in [0.717, 1.165) is 11.4 Å². The number of hydrogen-bond donors (Lipinski definition) is 0. The maximum atomic E-state index is 6.18. The molecule has 1 fully saturated rings. The van der Waals surface area contributed by atoms with E-state index in [0.29, 0.717) is 11.1 Å². The second-order valence-corrected chi connectivity index (χ2v) is 5.37. The summed E-state index contributed by atoms with van der Waals surface area (Å²) in [7, 11) is 5.97. The standard InChI is InChI=1S/C14H21ClN2O/c1-16-8-6-11(7-9-16)17(2)12-4-5-14(18-3)13(15)10-12/h4-5,10-11H,6-9H2,1-3H3. The quantitative estimate of drug-likeness (QED) is 0.838. The number of methoxy groups -OCH3 is 1. The van der Waals surface area contributed by atoms with Crippen LogP contribution >= 0.6 is 11.6 Å². The van der Waals surface area contributed by atoms with Crippen molar-refractivity contribution in [3.05, 3.63) is 23.2 Å². The monoisotopic (exact) mass is 268 g/mol. The molecule has 4 heteroatoms. The summed E-state index contributed by atoms with van der Waals surface area (Å²) in [6.45, 7) is 2.33. The summed E-state index contributed by atoms with van der Waals surface area (Å²) in [4.78, 5) is 4.71. The van der Waals surface area contributed by atoms with Crippen LogP contribution in [-0.4, -0.2) is 45.2 Å². The highest BCUT2D eigenvalue weighted by Crippen LogP contribution is 2.30. The van der Waals surface area contributed by atoms with E-state index in [2.05, 4.69) is 30.0 Å². The lowest BCUT2D eigenvalue weighted by Crippen LogP contribution is -2.41. The molecule has 1 aromatic rings. The van der Waals surface area contributed by atoms with E-state index in [9.17, 15) is 0 Å². The Bertz CT molecular complexity index is 403.